The zero-order chi connectivity index (χ0) is 10.7. The summed E-state index contributed by atoms with van der Waals surface area (Å²) in [6, 6.07) is 4.64. The number of unbranched alkanes of at least 4 members (excludes halogenated alkanes) is 2. The van der Waals surface area contributed by atoms with Crippen LogP contribution in [0, 0.1) is 46.3 Å². The Balaban J connectivity index is 1.85. The van der Waals surface area contributed by atoms with Crippen LogP contribution >= 0.6 is 0 Å². The Kier molecular flexibility index (Phi) is 3.07. The van der Waals surface area contributed by atoms with Gasteiger partial charge in [0.2, 0.25) is 0 Å². The molecule has 0 aromatic carbocycles. The topological polar surface area (TPSA) is 47.6 Å². The Hall–Kier alpha value is -1.28. The van der Waals surface area contributed by atoms with Crippen LogP contribution in [0.4, 0.5) is 0 Å². The zero-order valence-electron chi connectivity index (χ0n) is 8.89. The van der Waals surface area contributed by atoms with Gasteiger partial charge in [-0.3, -0.25) is 0 Å². The Labute approximate surface area is 91.2 Å². The third-order valence-corrected chi connectivity index (χ3v) is 3.85. The minimum atomic E-state index is 0.252. The van der Waals surface area contributed by atoms with Crippen LogP contribution in [0.3, 0.4) is 0 Å². The molecule has 4 atom stereocenters. The molecule has 4 unspecified atom stereocenters. The van der Waals surface area contributed by atoms with Crippen LogP contribution in [0.2, 0.25) is 0 Å². The quantitative estimate of drug-likeness (QED) is 0.517. The van der Waals surface area contributed by atoms with Crippen molar-refractivity contribution in [3.05, 3.63) is 12.2 Å². The number of fused-ring (bicyclic) bond motifs is 2. The lowest BCUT2D eigenvalue weighted by Gasteiger charge is -2.22. The van der Waals surface area contributed by atoms with Gasteiger partial charge in [-0.15, -0.1) is 0 Å². The summed E-state index contributed by atoms with van der Waals surface area (Å²) < 4.78 is 0. The average Bonchev–Trinajstić information content (AvgIpc) is 2.84. The van der Waals surface area contributed by atoms with E-state index in [1.54, 1.807) is 0 Å². The van der Waals surface area contributed by atoms with Gasteiger partial charge in [-0.05, 0) is 37.0 Å². The molecule has 0 aliphatic heterocycles. The van der Waals surface area contributed by atoms with E-state index in [4.69, 9.17) is 10.5 Å². The lowest BCUT2D eigenvalue weighted by Crippen LogP contribution is -2.17. The fourth-order valence-electron chi connectivity index (χ4n) is 3.09. The number of nitrogens with zero attached hydrogens (tertiary/aromatic N) is 2. The molecule has 2 bridgehead atoms. The molecule has 0 saturated heterocycles. The monoisotopic (exact) mass is 200 g/mol. The molecule has 78 valence electrons. The molecule has 0 aromatic heterocycles. The fourth-order valence-corrected chi connectivity index (χ4v) is 3.09. The Morgan fingerprint density at radius 2 is 1.93 bits per heavy atom. The van der Waals surface area contributed by atoms with Gasteiger partial charge in [0.25, 0.3) is 0 Å². The first-order valence-electron chi connectivity index (χ1n) is 5.81. The standard InChI is InChI=1S/C13H16N2/c14-7-3-1-2-4-12-10-5-6-11(8-10)13(12)9-15/h5-6,10-13H,1-4,8H2. The molecule has 2 nitrogen and oxygen atoms in total. The van der Waals surface area contributed by atoms with Gasteiger partial charge < -0.3 is 0 Å². The SMILES string of the molecule is N#CCCCCC1C2C=CC(C2)C1C#N. The van der Waals surface area contributed by atoms with Gasteiger partial charge in [0.05, 0.1) is 18.1 Å². The molecule has 0 radical (unpaired) electrons. The third-order valence-electron chi connectivity index (χ3n) is 3.85. The van der Waals surface area contributed by atoms with Crippen LogP contribution in [-0.4, -0.2) is 0 Å². The normalized spacial score (nSPS) is 36.4. The number of hydrogen-bond acceptors (Lipinski definition) is 2. The molecule has 1 saturated carbocycles. The van der Waals surface area contributed by atoms with Gasteiger partial charge in [0.15, 0.2) is 0 Å². The second-order valence-electron chi connectivity index (χ2n) is 4.67. The van der Waals surface area contributed by atoms with Crippen molar-refractivity contribution in [1.82, 2.24) is 0 Å². The molecule has 2 aliphatic carbocycles. The summed E-state index contributed by atoms with van der Waals surface area (Å²) >= 11 is 0. The maximum atomic E-state index is 9.12. The minimum absolute atomic E-state index is 0.252. The van der Waals surface area contributed by atoms with Gasteiger partial charge in [0, 0.05) is 6.42 Å². The highest BCUT2D eigenvalue weighted by Crippen LogP contribution is 2.49. The minimum Gasteiger partial charge on any atom is -0.198 e. The summed E-state index contributed by atoms with van der Waals surface area (Å²) in [5, 5.41) is 17.6. The number of rotatable bonds is 4. The molecule has 2 aliphatic rings. The highest BCUT2D eigenvalue weighted by molar-refractivity contribution is 5.18. The van der Waals surface area contributed by atoms with Crippen molar-refractivity contribution >= 4 is 0 Å². The molecular weight excluding hydrogens is 184 g/mol. The second kappa shape index (κ2) is 4.49. The van der Waals surface area contributed by atoms with E-state index in [9.17, 15) is 0 Å². The Morgan fingerprint density at radius 1 is 1.13 bits per heavy atom. The van der Waals surface area contributed by atoms with Crippen molar-refractivity contribution < 1.29 is 0 Å². The molecule has 1 fully saturated rings. The smallest absolute Gasteiger partial charge is 0.0665 e. The van der Waals surface area contributed by atoms with Crippen LogP contribution in [0.1, 0.15) is 32.1 Å². The molecular formula is C13H16N2. The number of allylic oxidation sites excluding steroid dienone is 2. The second-order valence-corrected chi connectivity index (χ2v) is 4.67. The first kappa shape index (κ1) is 10.2. The highest BCUT2D eigenvalue weighted by atomic mass is 14.5. The fraction of sp³-hybridized carbons (Fsp3) is 0.692. The van der Waals surface area contributed by atoms with E-state index in [1.807, 2.05) is 0 Å². The predicted octanol–water partition coefficient (Wildman–Crippen LogP) is 3.03. The number of nitriles is 2. The first-order chi connectivity index (χ1) is 7.36. The van der Waals surface area contributed by atoms with Crippen LogP contribution < -0.4 is 0 Å². The van der Waals surface area contributed by atoms with E-state index in [0.717, 1.165) is 19.3 Å². The molecule has 0 N–H and O–H groups in total. The summed E-state index contributed by atoms with van der Waals surface area (Å²) in [7, 11) is 0. The van der Waals surface area contributed by atoms with Gasteiger partial charge in [-0.1, -0.05) is 18.6 Å². The Bertz CT molecular complexity index is 331. The molecule has 2 heteroatoms. The summed E-state index contributed by atoms with van der Waals surface area (Å²) in [5.41, 5.74) is 0. The van der Waals surface area contributed by atoms with Crippen LogP contribution in [0.5, 0.6) is 0 Å². The van der Waals surface area contributed by atoms with Crippen LogP contribution in [0.25, 0.3) is 0 Å². The van der Waals surface area contributed by atoms with Crippen molar-refractivity contribution in [2.24, 2.45) is 23.7 Å². The molecule has 2 rings (SSSR count). The van der Waals surface area contributed by atoms with Crippen LogP contribution in [0.15, 0.2) is 12.2 Å². The molecule has 0 spiro atoms. The maximum Gasteiger partial charge on any atom is 0.0665 e. The third kappa shape index (κ3) is 1.90. The van der Waals surface area contributed by atoms with Gasteiger partial charge >= 0.3 is 0 Å². The van der Waals surface area contributed by atoms with Crippen molar-refractivity contribution in [1.29, 1.82) is 10.5 Å². The summed E-state index contributed by atoms with van der Waals surface area (Å²) in [6.07, 6.45) is 9.61. The van der Waals surface area contributed by atoms with Gasteiger partial charge in [0.1, 0.15) is 0 Å². The van der Waals surface area contributed by atoms with E-state index in [-0.39, 0.29) is 5.92 Å². The largest absolute Gasteiger partial charge is 0.198 e. The molecule has 15 heavy (non-hydrogen) atoms. The Morgan fingerprint density at radius 3 is 2.67 bits per heavy atom. The van der Waals surface area contributed by atoms with Crippen molar-refractivity contribution in [3.8, 4) is 12.1 Å². The number of hydrogen-bond donors (Lipinski definition) is 0. The van der Waals surface area contributed by atoms with E-state index < -0.39 is 0 Å². The van der Waals surface area contributed by atoms with E-state index in [1.165, 1.54) is 6.42 Å². The lowest BCUT2D eigenvalue weighted by molar-refractivity contribution is 0.340. The zero-order valence-corrected chi connectivity index (χ0v) is 8.89. The summed E-state index contributed by atoms with van der Waals surface area (Å²) in [5.74, 6) is 2.01. The van der Waals surface area contributed by atoms with Gasteiger partial charge in [-0.25, -0.2) is 0 Å². The summed E-state index contributed by atoms with van der Waals surface area (Å²) in [6.45, 7) is 0. The molecule has 0 aromatic rings. The van der Waals surface area contributed by atoms with E-state index >= 15 is 0 Å². The highest BCUT2D eigenvalue weighted by Gasteiger charge is 2.43. The van der Waals surface area contributed by atoms with E-state index in [0.29, 0.717) is 24.2 Å². The average molecular weight is 200 g/mol. The van der Waals surface area contributed by atoms with Crippen molar-refractivity contribution in [2.75, 3.05) is 0 Å². The summed E-state index contributed by atoms with van der Waals surface area (Å²) in [4.78, 5) is 0. The molecule has 0 heterocycles. The van der Waals surface area contributed by atoms with Crippen molar-refractivity contribution in [2.45, 2.75) is 32.1 Å². The predicted molar refractivity (Wildman–Crippen MR) is 57.4 cm³/mol. The lowest BCUT2D eigenvalue weighted by atomic mass is 9.81. The van der Waals surface area contributed by atoms with E-state index in [2.05, 4.69) is 24.3 Å². The van der Waals surface area contributed by atoms with Gasteiger partial charge in [-0.2, -0.15) is 10.5 Å². The van der Waals surface area contributed by atoms with Crippen LogP contribution in [-0.2, 0) is 0 Å². The molecule has 0 amide bonds. The van der Waals surface area contributed by atoms with Crippen molar-refractivity contribution in [3.63, 3.8) is 0 Å². The maximum absolute atomic E-state index is 9.12. The first-order valence-corrected chi connectivity index (χ1v) is 5.81.